The summed E-state index contributed by atoms with van der Waals surface area (Å²) in [6, 6.07) is 6.56. The van der Waals surface area contributed by atoms with Gasteiger partial charge in [-0.3, -0.25) is 0 Å². The molecular weight excluding hydrogens is 312 g/mol. The van der Waals surface area contributed by atoms with Gasteiger partial charge >= 0.3 is 0 Å². The molecule has 5 nitrogen and oxygen atoms in total. The summed E-state index contributed by atoms with van der Waals surface area (Å²) in [4.78, 5) is 0.285. The van der Waals surface area contributed by atoms with E-state index in [1.54, 1.807) is 24.3 Å². The Labute approximate surface area is 132 Å². The van der Waals surface area contributed by atoms with Crippen molar-refractivity contribution in [3.8, 4) is 5.75 Å². The maximum Gasteiger partial charge on any atom is 0.240 e. The highest BCUT2D eigenvalue weighted by atomic mass is 35.5. The third-order valence-corrected chi connectivity index (χ3v) is 4.77. The maximum absolute atomic E-state index is 12.1. The van der Waals surface area contributed by atoms with Gasteiger partial charge in [0.1, 0.15) is 5.75 Å². The van der Waals surface area contributed by atoms with Crippen LogP contribution in [0.5, 0.6) is 5.75 Å². The van der Waals surface area contributed by atoms with Crippen LogP contribution in [0, 0.1) is 5.92 Å². The smallest absolute Gasteiger partial charge is 0.240 e. The lowest BCUT2D eigenvalue weighted by molar-refractivity contribution is 0.317. The van der Waals surface area contributed by atoms with E-state index in [0.29, 0.717) is 24.8 Å². The van der Waals surface area contributed by atoms with Crippen molar-refractivity contribution in [1.82, 2.24) is 10.0 Å². The SMILES string of the molecule is CCCOc1ccc(S(=O)(=O)NCC2CCNC2)cc1.Cl. The highest BCUT2D eigenvalue weighted by molar-refractivity contribution is 7.89. The van der Waals surface area contributed by atoms with Gasteiger partial charge in [-0.1, -0.05) is 6.92 Å². The Hall–Kier alpha value is -0.820. The van der Waals surface area contributed by atoms with Crippen molar-refractivity contribution in [2.75, 3.05) is 26.2 Å². The zero-order valence-electron chi connectivity index (χ0n) is 12.2. The minimum Gasteiger partial charge on any atom is -0.494 e. The lowest BCUT2D eigenvalue weighted by Gasteiger charge is -2.11. The zero-order chi connectivity index (χ0) is 14.4. The van der Waals surface area contributed by atoms with Crippen LogP contribution in [-0.2, 0) is 10.0 Å². The molecule has 0 saturated carbocycles. The number of hydrogen-bond donors (Lipinski definition) is 2. The number of ether oxygens (including phenoxy) is 1. The van der Waals surface area contributed by atoms with E-state index in [-0.39, 0.29) is 17.3 Å². The van der Waals surface area contributed by atoms with Gasteiger partial charge in [-0.05, 0) is 56.1 Å². The average Bonchev–Trinajstić information content (AvgIpc) is 2.97. The molecule has 0 aliphatic carbocycles. The summed E-state index contributed by atoms with van der Waals surface area (Å²) in [5.74, 6) is 1.09. The van der Waals surface area contributed by atoms with Crippen LogP contribution >= 0.6 is 12.4 Å². The topological polar surface area (TPSA) is 67.4 Å². The first kappa shape index (κ1) is 18.2. The average molecular weight is 335 g/mol. The van der Waals surface area contributed by atoms with Gasteiger partial charge < -0.3 is 10.1 Å². The quantitative estimate of drug-likeness (QED) is 0.797. The van der Waals surface area contributed by atoms with Gasteiger partial charge in [-0.2, -0.15) is 0 Å². The minimum atomic E-state index is -3.42. The van der Waals surface area contributed by atoms with Crippen LogP contribution in [0.2, 0.25) is 0 Å². The Morgan fingerprint density at radius 2 is 2.05 bits per heavy atom. The number of rotatable bonds is 7. The number of hydrogen-bond acceptors (Lipinski definition) is 4. The van der Waals surface area contributed by atoms with Crippen molar-refractivity contribution in [1.29, 1.82) is 0 Å². The highest BCUT2D eigenvalue weighted by Gasteiger charge is 2.19. The summed E-state index contributed by atoms with van der Waals surface area (Å²) in [5.41, 5.74) is 0. The fourth-order valence-electron chi connectivity index (χ4n) is 2.13. The normalized spacial score (nSPS) is 18.2. The lowest BCUT2D eigenvalue weighted by atomic mass is 10.1. The van der Waals surface area contributed by atoms with Gasteiger partial charge in [0.05, 0.1) is 11.5 Å². The van der Waals surface area contributed by atoms with Crippen molar-refractivity contribution < 1.29 is 13.2 Å². The molecule has 0 amide bonds. The van der Waals surface area contributed by atoms with Crippen molar-refractivity contribution in [3.05, 3.63) is 24.3 Å². The molecule has 120 valence electrons. The molecule has 1 atom stereocenters. The van der Waals surface area contributed by atoms with Crippen LogP contribution in [0.3, 0.4) is 0 Å². The molecule has 2 rings (SSSR count). The fourth-order valence-corrected chi connectivity index (χ4v) is 3.25. The molecule has 1 aliphatic heterocycles. The Kier molecular flexibility index (Phi) is 7.45. The van der Waals surface area contributed by atoms with E-state index >= 15 is 0 Å². The number of sulfonamides is 1. The molecule has 1 heterocycles. The first-order chi connectivity index (χ1) is 9.62. The van der Waals surface area contributed by atoms with Gasteiger partial charge in [-0.15, -0.1) is 12.4 Å². The van der Waals surface area contributed by atoms with E-state index in [4.69, 9.17) is 4.74 Å². The fraction of sp³-hybridized carbons (Fsp3) is 0.571. The number of nitrogens with one attached hydrogen (secondary N) is 2. The third-order valence-electron chi connectivity index (χ3n) is 3.33. The van der Waals surface area contributed by atoms with E-state index in [1.165, 1.54) is 0 Å². The molecule has 0 spiro atoms. The van der Waals surface area contributed by atoms with Crippen LogP contribution < -0.4 is 14.8 Å². The summed E-state index contributed by atoms with van der Waals surface area (Å²) in [6.45, 7) is 5.01. The molecule has 21 heavy (non-hydrogen) atoms. The van der Waals surface area contributed by atoms with E-state index in [9.17, 15) is 8.42 Å². The molecule has 7 heteroatoms. The lowest BCUT2D eigenvalue weighted by Crippen LogP contribution is -2.30. The van der Waals surface area contributed by atoms with Crippen LogP contribution in [0.1, 0.15) is 19.8 Å². The summed E-state index contributed by atoms with van der Waals surface area (Å²) < 4.78 is 32.4. The second kappa shape index (κ2) is 8.58. The van der Waals surface area contributed by atoms with Crippen molar-refractivity contribution >= 4 is 22.4 Å². The van der Waals surface area contributed by atoms with Crippen LogP contribution in [-0.4, -0.2) is 34.7 Å². The summed E-state index contributed by atoms with van der Waals surface area (Å²) in [7, 11) is -3.42. The predicted molar refractivity (Wildman–Crippen MR) is 85.6 cm³/mol. The molecule has 1 aliphatic rings. The molecule has 0 aromatic heterocycles. The van der Waals surface area contributed by atoms with Gasteiger partial charge in [0.2, 0.25) is 10.0 Å². The molecule has 0 bridgehead atoms. The maximum atomic E-state index is 12.1. The molecule has 2 N–H and O–H groups in total. The van der Waals surface area contributed by atoms with Gasteiger partial charge in [-0.25, -0.2) is 13.1 Å². The minimum absolute atomic E-state index is 0. The highest BCUT2D eigenvalue weighted by Crippen LogP contribution is 2.16. The standard InChI is InChI=1S/C14H22N2O3S.ClH/c1-2-9-19-13-3-5-14(6-4-13)20(17,18)16-11-12-7-8-15-10-12;/h3-6,12,15-16H,2,7-11H2,1H3;1H. The van der Waals surface area contributed by atoms with Crippen molar-refractivity contribution in [2.45, 2.75) is 24.7 Å². The molecule has 1 fully saturated rings. The first-order valence-corrected chi connectivity index (χ1v) is 8.53. The Balaban J connectivity index is 0.00000220. The summed E-state index contributed by atoms with van der Waals surface area (Å²) >= 11 is 0. The summed E-state index contributed by atoms with van der Waals surface area (Å²) in [5, 5.41) is 3.22. The van der Waals surface area contributed by atoms with E-state index in [1.807, 2.05) is 6.92 Å². The van der Waals surface area contributed by atoms with Gasteiger partial charge in [0.15, 0.2) is 0 Å². The van der Waals surface area contributed by atoms with Crippen LogP contribution in [0.25, 0.3) is 0 Å². The van der Waals surface area contributed by atoms with Gasteiger partial charge in [0, 0.05) is 6.54 Å². The molecule has 1 unspecified atom stereocenters. The predicted octanol–water partition coefficient (Wildman–Crippen LogP) is 1.78. The van der Waals surface area contributed by atoms with E-state index < -0.39 is 10.0 Å². The van der Waals surface area contributed by atoms with Crippen LogP contribution in [0.15, 0.2) is 29.2 Å². The second-order valence-electron chi connectivity index (χ2n) is 5.03. The van der Waals surface area contributed by atoms with E-state index in [2.05, 4.69) is 10.0 Å². The third kappa shape index (κ3) is 5.47. The zero-order valence-corrected chi connectivity index (χ0v) is 13.8. The van der Waals surface area contributed by atoms with E-state index in [0.717, 1.165) is 25.9 Å². The Bertz CT molecular complexity index is 514. The Morgan fingerprint density at radius 1 is 1.33 bits per heavy atom. The monoisotopic (exact) mass is 334 g/mol. The molecule has 1 aromatic rings. The molecule has 0 radical (unpaired) electrons. The molecule has 1 aromatic carbocycles. The van der Waals surface area contributed by atoms with Gasteiger partial charge in [0.25, 0.3) is 0 Å². The largest absolute Gasteiger partial charge is 0.494 e. The van der Waals surface area contributed by atoms with Crippen molar-refractivity contribution in [2.24, 2.45) is 5.92 Å². The first-order valence-electron chi connectivity index (χ1n) is 7.05. The summed E-state index contributed by atoms with van der Waals surface area (Å²) in [6.07, 6.45) is 1.95. The molecule has 1 saturated heterocycles. The molecular formula is C14H23ClN2O3S. The second-order valence-corrected chi connectivity index (χ2v) is 6.80. The Morgan fingerprint density at radius 3 is 2.62 bits per heavy atom. The van der Waals surface area contributed by atoms with Crippen LogP contribution in [0.4, 0.5) is 0 Å². The number of halogens is 1. The van der Waals surface area contributed by atoms with Crippen molar-refractivity contribution in [3.63, 3.8) is 0 Å². The number of benzene rings is 1.